The Morgan fingerprint density at radius 3 is 1.93 bits per heavy atom. The zero-order valence-corrected chi connectivity index (χ0v) is 19.2. The molecular formula is C25H32O3Si. The molecule has 0 unspecified atom stereocenters. The highest BCUT2D eigenvalue weighted by molar-refractivity contribution is 7.09. The molecule has 3 nitrogen and oxygen atoms in total. The number of carbonyl (C=O) groups is 1. The fourth-order valence-corrected chi connectivity index (χ4v) is 11.0. The number of benzene rings is 2. The van der Waals surface area contributed by atoms with Gasteiger partial charge in [0, 0.05) is 12.8 Å². The summed E-state index contributed by atoms with van der Waals surface area (Å²) in [7, 11) is -2.46. The van der Waals surface area contributed by atoms with Crippen molar-refractivity contribution >= 4 is 24.4 Å². The van der Waals surface area contributed by atoms with E-state index in [1.807, 2.05) is 6.92 Å². The van der Waals surface area contributed by atoms with Crippen molar-refractivity contribution in [1.82, 2.24) is 0 Å². The third-order valence-corrected chi connectivity index (χ3v) is 11.9. The molecule has 1 aliphatic heterocycles. The van der Waals surface area contributed by atoms with Crippen molar-refractivity contribution in [1.29, 1.82) is 0 Å². The monoisotopic (exact) mass is 408 g/mol. The molecule has 3 rings (SSSR count). The largest absolute Gasteiger partial charge is 0.483 e. The van der Waals surface area contributed by atoms with Gasteiger partial charge >= 0.3 is 5.97 Å². The van der Waals surface area contributed by atoms with E-state index in [1.165, 1.54) is 15.6 Å². The highest BCUT2D eigenvalue weighted by Crippen LogP contribution is 2.46. The molecule has 0 amide bonds. The van der Waals surface area contributed by atoms with E-state index < -0.39 is 14.2 Å². The Labute approximate surface area is 175 Å². The van der Waals surface area contributed by atoms with Crippen LogP contribution < -0.4 is 10.4 Å². The molecule has 0 saturated carbocycles. The van der Waals surface area contributed by atoms with Crippen LogP contribution in [0.2, 0.25) is 5.04 Å². The summed E-state index contributed by atoms with van der Waals surface area (Å²) in [6.45, 7) is 11.3. The molecule has 2 aromatic rings. The van der Waals surface area contributed by atoms with E-state index in [4.69, 9.17) is 9.47 Å². The molecule has 1 aliphatic rings. The fourth-order valence-electron chi connectivity index (χ4n) is 4.82. The van der Waals surface area contributed by atoms with Crippen LogP contribution in [0.15, 0.2) is 71.6 Å². The van der Waals surface area contributed by atoms with Gasteiger partial charge in [-0.1, -0.05) is 88.4 Å². The van der Waals surface area contributed by atoms with E-state index in [0.29, 0.717) is 13.0 Å². The van der Waals surface area contributed by atoms with Gasteiger partial charge in [0.2, 0.25) is 0 Å². The lowest BCUT2D eigenvalue weighted by atomic mass is 10.2. The van der Waals surface area contributed by atoms with Gasteiger partial charge in [-0.05, 0) is 27.5 Å². The van der Waals surface area contributed by atoms with Crippen molar-refractivity contribution in [2.24, 2.45) is 0 Å². The lowest BCUT2D eigenvalue weighted by Gasteiger charge is -2.45. The predicted octanol–water partition coefficient (Wildman–Crippen LogP) is 4.61. The second-order valence-corrected chi connectivity index (χ2v) is 13.3. The molecule has 0 fully saturated rings. The van der Waals surface area contributed by atoms with Crippen LogP contribution in [0.1, 0.15) is 47.5 Å². The first-order valence-corrected chi connectivity index (χ1v) is 12.5. The van der Waals surface area contributed by atoms with Crippen LogP contribution in [0, 0.1) is 0 Å². The van der Waals surface area contributed by atoms with Crippen LogP contribution >= 0.6 is 0 Å². The Morgan fingerprint density at radius 1 is 1.00 bits per heavy atom. The van der Waals surface area contributed by atoms with E-state index in [0.717, 1.165) is 12.2 Å². The van der Waals surface area contributed by atoms with Crippen LogP contribution in [-0.4, -0.2) is 26.8 Å². The van der Waals surface area contributed by atoms with Crippen molar-refractivity contribution in [2.75, 3.05) is 6.61 Å². The van der Waals surface area contributed by atoms with Gasteiger partial charge in [0.15, 0.2) is 14.2 Å². The minimum atomic E-state index is -2.46. The topological polar surface area (TPSA) is 35.5 Å². The van der Waals surface area contributed by atoms with E-state index in [9.17, 15) is 4.79 Å². The molecule has 0 aromatic heterocycles. The standard InChI is InChI=1S/C25H32O3Si/c1-6-21-23(18-22(28-21)24(26)27-7-2)29(25(3,4)5,19-14-10-8-11-15-19)20-16-12-9-13-17-20/h8-17,22H,6-7,18H2,1-5H3/t22-/m1/s1. The second kappa shape index (κ2) is 8.58. The first-order chi connectivity index (χ1) is 13.9. The number of carbonyl (C=O) groups excluding carboxylic acids is 1. The Hall–Kier alpha value is -2.33. The summed E-state index contributed by atoms with van der Waals surface area (Å²) in [5, 5.41) is 4.02. The Bertz CT molecular complexity index is 826. The highest BCUT2D eigenvalue weighted by atomic mass is 28.3. The summed E-state index contributed by atoms with van der Waals surface area (Å²) in [6, 6.07) is 21.6. The number of allylic oxidation sites excluding steroid dienone is 1. The first-order valence-electron chi connectivity index (χ1n) is 10.5. The highest BCUT2D eigenvalue weighted by Gasteiger charge is 2.54. The van der Waals surface area contributed by atoms with Crippen LogP contribution in [0.3, 0.4) is 0 Å². The maximum absolute atomic E-state index is 12.5. The second-order valence-electron chi connectivity index (χ2n) is 8.55. The summed E-state index contributed by atoms with van der Waals surface area (Å²) < 4.78 is 11.5. The van der Waals surface area contributed by atoms with Gasteiger partial charge < -0.3 is 9.47 Å². The van der Waals surface area contributed by atoms with Crippen LogP contribution in [0.5, 0.6) is 0 Å². The van der Waals surface area contributed by atoms with E-state index in [1.54, 1.807) is 0 Å². The van der Waals surface area contributed by atoms with Gasteiger partial charge in [-0.25, -0.2) is 4.79 Å². The molecule has 0 spiro atoms. The first kappa shape index (κ1) is 21.4. The SMILES string of the molecule is CCOC(=O)[C@H]1CC([Si](c2ccccc2)(c2ccccc2)C(C)(C)C)=C(CC)O1. The summed E-state index contributed by atoms with van der Waals surface area (Å²) in [6.07, 6.45) is 0.840. The van der Waals surface area contributed by atoms with E-state index in [-0.39, 0.29) is 11.0 Å². The zero-order valence-electron chi connectivity index (χ0n) is 18.2. The van der Waals surface area contributed by atoms with Gasteiger partial charge in [0.1, 0.15) is 0 Å². The molecule has 0 saturated heterocycles. The van der Waals surface area contributed by atoms with Crippen molar-refractivity contribution < 1.29 is 14.3 Å². The van der Waals surface area contributed by atoms with Crippen molar-refractivity contribution in [3.63, 3.8) is 0 Å². The molecule has 0 radical (unpaired) electrons. The molecule has 29 heavy (non-hydrogen) atoms. The Morgan fingerprint density at radius 2 is 1.52 bits per heavy atom. The van der Waals surface area contributed by atoms with Gasteiger partial charge in [-0.2, -0.15) is 0 Å². The average Bonchev–Trinajstić information content (AvgIpc) is 3.14. The van der Waals surface area contributed by atoms with E-state index in [2.05, 4.69) is 88.4 Å². The van der Waals surface area contributed by atoms with Crippen LogP contribution in [-0.2, 0) is 14.3 Å². The van der Waals surface area contributed by atoms with Gasteiger partial charge in [0.05, 0.1) is 12.4 Å². The van der Waals surface area contributed by atoms with E-state index >= 15 is 0 Å². The molecular weight excluding hydrogens is 376 g/mol. The Kier molecular flexibility index (Phi) is 6.32. The van der Waals surface area contributed by atoms with Gasteiger partial charge in [0.25, 0.3) is 0 Å². The summed E-state index contributed by atoms with van der Waals surface area (Å²) in [5.74, 6) is 0.712. The van der Waals surface area contributed by atoms with Crippen molar-refractivity contribution in [3.05, 3.63) is 71.6 Å². The average molecular weight is 409 g/mol. The maximum atomic E-state index is 12.5. The minimum Gasteiger partial charge on any atom is -0.483 e. The zero-order chi connectivity index (χ0) is 21.1. The van der Waals surface area contributed by atoms with Gasteiger partial charge in [-0.3, -0.25) is 0 Å². The smallest absolute Gasteiger partial charge is 0.347 e. The molecule has 154 valence electrons. The number of ether oxygens (including phenoxy) is 2. The fraction of sp³-hybridized carbons (Fsp3) is 0.400. The molecule has 4 heteroatoms. The van der Waals surface area contributed by atoms with Gasteiger partial charge in [-0.15, -0.1) is 0 Å². The van der Waals surface area contributed by atoms with Crippen LogP contribution in [0.25, 0.3) is 0 Å². The minimum absolute atomic E-state index is 0.0155. The molecule has 1 atom stereocenters. The van der Waals surface area contributed by atoms with Crippen molar-refractivity contribution in [2.45, 2.75) is 58.6 Å². The summed E-state index contributed by atoms with van der Waals surface area (Å²) in [4.78, 5) is 12.5. The molecule has 2 aromatic carbocycles. The third kappa shape index (κ3) is 3.78. The number of rotatable bonds is 6. The number of hydrogen-bond donors (Lipinski definition) is 0. The normalized spacial score (nSPS) is 17.2. The summed E-state index contributed by atoms with van der Waals surface area (Å²) >= 11 is 0. The quantitative estimate of drug-likeness (QED) is 0.517. The molecule has 0 N–H and O–H groups in total. The third-order valence-electron chi connectivity index (χ3n) is 5.87. The Balaban J connectivity index is 2.27. The van der Waals surface area contributed by atoms with Crippen molar-refractivity contribution in [3.8, 4) is 0 Å². The lowest BCUT2D eigenvalue weighted by Crippen LogP contribution is -2.66. The molecule has 0 aliphatic carbocycles. The number of hydrogen-bond acceptors (Lipinski definition) is 3. The predicted molar refractivity (Wildman–Crippen MR) is 121 cm³/mol. The number of esters is 1. The van der Waals surface area contributed by atoms with Crippen LogP contribution in [0.4, 0.5) is 0 Å². The maximum Gasteiger partial charge on any atom is 0.347 e. The molecule has 0 bridgehead atoms. The lowest BCUT2D eigenvalue weighted by molar-refractivity contribution is -0.152. The molecule has 1 heterocycles. The summed E-state index contributed by atoms with van der Waals surface area (Å²) in [5.41, 5.74) is 0.